The van der Waals surface area contributed by atoms with Gasteiger partial charge in [-0.1, -0.05) is 188 Å². The lowest BCUT2D eigenvalue weighted by Gasteiger charge is -2.34. The van der Waals surface area contributed by atoms with E-state index in [-0.39, 0.29) is 0 Å². The lowest BCUT2D eigenvalue weighted by atomic mass is 10.0. The highest BCUT2D eigenvalue weighted by Gasteiger charge is 2.41. The Morgan fingerprint density at radius 3 is 1.47 bits per heavy atom. The Labute approximate surface area is 353 Å². The van der Waals surface area contributed by atoms with Crippen LogP contribution < -0.4 is 20.7 Å². The fourth-order valence-electron chi connectivity index (χ4n) is 9.91. The summed E-state index contributed by atoms with van der Waals surface area (Å²) in [5, 5.41) is 12.0. The van der Waals surface area contributed by atoms with E-state index in [1.807, 2.05) is 11.3 Å². The summed E-state index contributed by atoms with van der Waals surface area (Å²) < 4.78 is 6.20. The molecule has 0 unspecified atom stereocenters. The molecule has 0 aliphatic rings. The molecular formula is C56H38N2SSi. The Hall–Kier alpha value is -7.24. The van der Waals surface area contributed by atoms with Crippen molar-refractivity contribution in [3.05, 3.63) is 231 Å². The summed E-state index contributed by atoms with van der Waals surface area (Å²) in [6.07, 6.45) is 0. The molecule has 3 aromatic heterocycles. The predicted octanol–water partition coefficient (Wildman–Crippen LogP) is 12.1. The Kier molecular flexibility index (Phi) is 8.08. The van der Waals surface area contributed by atoms with Crippen LogP contribution in [-0.4, -0.2) is 17.2 Å². The van der Waals surface area contributed by atoms with Crippen molar-refractivity contribution in [2.24, 2.45) is 0 Å². The number of benzene rings is 9. The van der Waals surface area contributed by atoms with E-state index < -0.39 is 8.07 Å². The van der Waals surface area contributed by atoms with Gasteiger partial charge >= 0.3 is 0 Å². The molecule has 3 heterocycles. The molecule has 4 heteroatoms. The molecule has 9 aromatic carbocycles. The maximum Gasteiger partial charge on any atom is 0.179 e. The van der Waals surface area contributed by atoms with Crippen LogP contribution in [0.2, 0.25) is 0 Å². The standard InChI is InChI=1S/C56H38N2SSi/c1-5-18-40(19-6-1)58-52-31-16-14-27-48(52)54-49-29-17-28-46(55(49)59-56(54)58)39-32-34-41(35-33-39)57-51-30-15-13-26-47(51)50-38-45(36-37-53(50)57)60(42-20-7-2-8-21-42,43-22-9-3-10-23-43)44-24-11-4-12-25-44/h1-38H. The Balaban J connectivity index is 1.02. The molecular weight excluding hydrogens is 761 g/mol. The molecule has 0 amide bonds. The molecule has 0 fully saturated rings. The minimum Gasteiger partial charge on any atom is -0.309 e. The van der Waals surface area contributed by atoms with Crippen molar-refractivity contribution < 1.29 is 0 Å². The van der Waals surface area contributed by atoms with Crippen LogP contribution >= 0.6 is 11.3 Å². The average Bonchev–Trinajstić information content (AvgIpc) is 3.98. The topological polar surface area (TPSA) is 9.86 Å². The van der Waals surface area contributed by atoms with Gasteiger partial charge in [0.05, 0.1) is 16.6 Å². The molecule has 282 valence electrons. The van der Waals surface area contributed by atoms with Crippen molar-refractivity contribution in [3.63, 3.8) is 0 Å². The van der Waals surface area contributed by atoms with Gasteiger partial charge in [0.25, 0.3) is 0 Å². The lowest BCUT2D eigenvalue weighted by molar-refractivity contribution is 1.18. The van der Waals surface area contributed by atoms with Crippen molar-refractivity contribution in [3.8, 4) is 22.5 Å². The first kappa shape index (κ1) is 34.8. The second-order valence-electron chi connectivity index (χ2n) is 15.6. The van der Waals surface area contributed by atoms with Crippen LogP contribution in [0.3, 0.4) is 0 Å². The second-order valence-corrected chi connectivity index (χ2v) is 20.4. The summed E-state index contributed by atoms with van der Waals surface area (Å²) in [6, 6.07) is 85.4. The van der Waals surface area contributed by atoms with Crippen molar-refractivity contribution in [1.29, 1.82) is 0 Å². The van der Waals surface area contributed by atoms with Gasteiger partial charge in [0, 0.05) is 43.0 Å². The van der Waals surface area contributed by atoms with Crippen LogP contribution in [0.15, 0.2) is 231 Å². The van der Waals surface area contributed by atoms with Crippen molar-refractivity contribution >= 4 is 93.2 Å². The van der Waals surface area contributed by atoms with Gasteiger partial charge in [0.1, 0.15) is 4.83 Å². The second kappa shape index (κ2) is 14.0. The number of rotatable bonds is 7. The highest BCUT2D eigenvalue weighted by molar-refractivity contribution is 7.26. The highest BCUT2D eigenvalue weighted by atomic mass is 32.1. The third-order valence-electron chi connectivity index (χ3n) is 12.5. The van der Waals surface area contributed by atoms with Crippen molar-refractivity contribution in [2.75, 3.05) is 0 Å². The van der Waals surface area contributed by atoms with Crippen LogP contribution in [0.4, 0.5) is 0 Å². The maximum absolute atomic E-state index is 2.70. The number of thiophene rings is 1. The third-order valence-corrected chi connectivity index (χ3v) is 18.5. The largest absolute Gasteiger partial charge is 0.309 e. The van der Waals surface area contributed by atoms with Gasteiger partial charge in [0.15, 0.2) is 8.07 Å². The van der Waals surface area contributed by atoms with Gasteiger partial charge in [-0.15, -0.1) is 11.3 Å². The Morgan fingerprint density at radius 1 is 0.333 bits per heavy atom. The SMILES string of the molecule is c1ccc(-n2c3ccccc3c3c4cccc(-c5ccc(-n6c7ccccc7c7cc([Si](c8ccccc8)(c8ccccc8)c8ccccc8)ccc76)cc5)c4sc32)cc1. The van der Waals surface area contributed by atoms with E-state index in [0.717, 1.165) is 5.69 Å². The van der Waals surface area contributed by atoms with Gasteiger partial charge in [-0.2, -0.15) is 0 Å². The first-order valence-corrected chi connectivity index (χ1v) is 23.4. The summed E-state index contributed by atoms with van der Waals surface area (Å²) in [7, 11) is -2.70. The monoisotopic (exact) mass is 798 g/mol. The summed E-state index contributed by atoms with van der Waals surface area (Å²) >= 11 is 1.90. The molecule has 12 aromatic rings. The molecule has 0 saturated carbocycles. The molecule has 60 heavy (non-hydrogen) atoms. The highest BCUT2D eigenvalue weighted by Crippen LogP contribution is 2.45. The van der Waals surface area contributed by atoms with Gasteiger partial charge in [0.2, 0.25) is 0 Å². The fourth-order valence-corrected chi connectivity index (χ4v) is 16.1. The number of nitrogens with zero attached hydrogens (tertiary/aromatic N) is 2. The zero-order valence-corrected chi connectivity index (χ0v) is 34.6. The van der Waals surface area contributed by atoms with E-state index in [1.165, 1.54) is 90.6 Å². The predicted molar refractivity (Wildman–Crippen MR) is 260 cm³/mol. The van der Waals surface area contributed by atoms with Gasteiger partial charge in [-0.3, -0.25) is 0 Å². The Morgan fingerprint density at radius 2 is 0.833 bits per heavy atom. The minimum absolute atomic E-state index is 1.15. The average molecular weight is 799 g/mol. The number of para-hydroxylation sites is 3. The fraction of sp³-hybridized carbons (Fsp3) is 0. The van der Waals surface area contributed by atoms with E-state index in [1.54, 1.807) is 0 Å². The molecule has 0 radical (unpaired) electrons. The van der Waals surface area contributed by atoms with Crippen LogP contribution in [0.25, 0.3) is 75.5 Å². The number of hydrogen-bond donors (Lipinski definition) is 0. The third kappa shape index (κ3) is 5.18. The summed E-state index contributed by atoms with van der Waals surface area (Å²) in [6.45, 7) is 0. The van der Waals surface area contributed by atoms with Gasteiger partial charge in [-0.25, -0.2) is 0 Å². The molecule has 0 aliphatic heterocycles. The van der Waals surface area contributed by atoms with E-state index in [2.05, 4.69) is 240 Å². The minimum atomic E-state index is -2.70. The molecule has 0 saturated heterocycles. The molecule has 0 aliphatic carbocycles. The normalized spacial score (nSPS) is 12.0. The van der Waals surface area contributed by atoms with Gasteiger partial charge in [-0.05, 0) is 74.3 Å². The van der Waals surface area contributed by atoms with E-state index in [9.17, 15) is 0 Å². The van der Waals surface area contributed by atoms with Crippen LogP contribution in [0.1, 0.15) is 0 Å². The zero-order valence-electron chi connectivity index (χ0n) is 32.7. The summed E-state index contributed by atoms with van der Waals surface area (Å²) in [4.78, 5) is 1.28. The lowest BCUT2D eigenvalue weighted by Crippen LogP contribution is -2.74. The molecule has 12 rings (SSSR count). The Bertz CT molecular complexity index is 3420. The maximum atomic E-state index is 2.51. The molecule has 2 nitrogen and oxygen atoms in total. The molecule has 0 N–H and O–H groups in total. The number of aromatic nitrogens is 2. The number of hydrogen-bond acceptors (Lipinski definition) is 1. The van der Waals surface area contributed by atoms with Crippen molar-refractivity contribution in [2.45, 2.75) is 0 Å². The quantitative estimate of drug-likeness (QED) is 0.112. The van der Waals surface area contributed by atoms with E-state index in [4.69, 9.17) is 0 Å². The molecule has 0 spiro atoms. The van der Waals surface area contributed by atoms with E-state index >= 15 is 0 Å². The van der Waals surface area contributed by atoms with Crippen LogP contribution in [0.5, 0.6) is 0 Å². The van der Waals surface area contributed by atoms with Crippen molar-refractivity contribution in [1.82, 2.24) is 9.13 Å². The zero-order chi connectivity index (χ0) is 39.6. The summed E-state index contributed by atoms with van der Waals surface area (Å²) in [5.41, 5.74) is 8.49. The first-order valence-electron chi connectivity index (χ1n) is 20.6. The molecule has 0 bridgehead atoms. The van der Waals surface area contributed by atoms with Crippen LogP contribution in [0, 0.1) is 0 Å². The van der Waals surface area contributed by atoms with E-state index in [0.29, 0.717) is 0 Å². The number of fused-ring (bicyclic) bond motifs is 8. The molecule has 0 atom stereocenters. The van der Waals surface area contributed by atoms with Gasteiger partial charge < -0.3 is 9.13 Å². The smallest absolute Gasteiger partial charge is 0.179 e. The summed E-state index contributed by atoms with van der Waals surface area (Å²) in [5.74, 6) is 0. The first-order chi connectivity index (χ1) is 29.8. The van der Waals surface area contributed by atoms with Crippen LogP contribution in [-0.2, 0) is 0 Å².